The first-order valence-corrected chi connectivity index (χ1v) is 8.39. The van der Waals surface area contributed by atoms with Crippen molar-refractivity contribution in [2.45, 2.75) is 6.92 Å². The Morgan fingerprint density at radius 2 is 1.78 bits per heavy atom. The molecule has 0 fully saturated rings. The minimum absolute atomic E-state index is 0.0851. The maximum absolute atomic E-state index is 13.4. The number of pyridine rings is 1. The number of anilines is 2. The van der Waals surface area contributed by atoms with Crippen molar-refractivity contribution in [3.63, 3.8) is 0 Å². The molecule has 0 aliphatic rings. The van der Waals surface area contributed by atoms with E-state index in [2.05, 4.69) is 15.6 Å². The molecule has 1 heterocycles. The summed E-state index contributed by atoms with van der Waals surface area (Å²) >= 11 is 5.78. The average molecular weight is 384 g/mol. The molecule has 0 unspecified atom stereocenters. The Morgan fingerprint density at radius 3 is 2.48 bits per heavy atom. The molecule has 1 aromatic heterocycles. The Labute approximate surface area is 160 Å². The zero-order valence-corrected chi connectivity index (χ0v) is 15.0. The molecule has 2 aromatic carbocycles. The Kier molecular flexibility index (Phi) is 5.47. The zero-order chi connectivity index (χ0) is 19.4. The van der Waals surface area contributed by atoms with Crippen LogP contribution in [-0.4, -0.2) is 16.8 Å². The zero-order valence-electron chi connectivity index (χ0n) is 14.3. The third kappa shape index (κ3) is 4.68. The van der Waals surface area contributed by atoms with Gasteiger partial charge in [-0.1, -0.05) is 17.7 Å². The quantitative estimate of drug-likeness (QED) is 0.686. The van der Waals surface area contributed by atoms with E-state index >= 15 is 0 Å². The minimum atomic E-state index is -0.604. The van der Waals surface area contributed by atoms with E-state index in [9.17, 15) is 14.0 Å². The molecule has 0 spiro atoms. The van der Waals surface area contributed by atoms with Gasteiger partial charge in [-0.25, -0.2) is 4.39 Å². The number of aryl methyl sites for hydroxylation is 1. The van der Waals surface area contributed by atoms with Crippen molar-refractivity contribution >= 4 is 34.8 Å². The normalized spacial score (nSPS) is 10.3. The topological polar surface area (TPSA) is 71.1 Å². The number of carbonyl (C=O) groups excluding carboxylic acids is 2. The van der Waals surface area contributed by atoms with Crippen LogP contribution in [0.1, 0.15) is 26.3 Å². The predicted octanol–water partition coefficient (Wildman–Crippen LogP) is 4.69. The first-order valence-electron chi connectivity index (χ1n) is 8.02. The molecule has 0 aliphatic carbocycles. The van der Waals surface area contributed by atoms with Gasteiger partial charge < -0.3 is 10.6 Å². The smallest absolute Gasteiger partial charge is 0.256 e. The van der Waals surface area contributed by atoms with E-state index in [4.69, 9.17) is 11.6 Å². The van der Waals surface area contributed by atoms with Crippen LogP contribution in [0.2, 0.25) is 5.02 Å². The number of aromatic nitrogens is 1. The molecule has 136 valence electrons. The van der Waals surface area contributed by atoms with Crippen LogP contribution in [-0.2, 0) is 0 Å². The van der Waals surface area contributed by atoms with Gasteiger partial charge in [0.15, 0.2) is 0 Å². The molecule has 0 saturated carbocycles. The van der Waals surface area contributed by atoms with Gasteiger partial charge in [-0.15, -0.1) is 0 Å². The van der Waals surface area contributed by atoms with Gasteiger partial charge in [0.2, 0.25) is 0 Å². The Hall–Kier alpha value is -3.25. The highest BCUT2D eigenvalue weighted by atomic mass is 35.5. The fourth-order valence-electron chi connectivity index (χ4n) is 2.47. The lowest BCUT2D eigenvalue weighted by Crippen LogP contribution is -2.16. The Bertz CT molecular complexity index is 989. The van der Waals surface area contributed by atoms with Crippen molar-refractivity contribution in [2.24, 2.45) is 0 Å². The summed E-state index contributed by atoms with van der Waals surface area (Å²) in [5, 5.41) is 5.51. The molecule has 2 N–H and O–H groups in total. The molecular weight excluding hydrogens is 369 g/mol. The van der Waals surface area contributed by atoms with E-state index in [1.807, 2.05) is 0 Å². The summed E-state index contributed by atoms with van der Waals surface area (Å²) in [6.45, 7) is 1.79. The van der Waals surface area contributed by atoms with Crippen molar-refractivity contribution < 1.29 is 14.0 Å². The summed E-state index contributed by atoms with van der Waals surface area (Å²) in [6, 6.07) is 11.9. The first-order chi connectivity index (χ1) is 12.9. The maximum atomic E-state index is 13.4. The van der Waals surface area contributed by atoms with Crippen LogP contribution in [0, 0.1) is 12.7 Å². The van der Waals surface area contributed by atoms with Crippen LogP contribution < -0.4 is 10.6 Å². The number of nitrogens with zero attached hydrogens (tertiary/aromatic N) is 1. The highest BCUT2D eigenvalue weighted by Crippen LogP contribution is 2.19. The molecule has 5 nitrogen and oxygen atoms in total. The van der Waals surface area contributed by atoms with Crippen LogP contribution in [0.3, 0.4) is 0 Å². The number of halogens is 2. The van der Waals surface area contributed by atoms with Gasteiger partial charge in [-0.3, -0.25) is 14.6 Å². The SMILES string of the molecule is Cc1ccc(NC(=O)c2cc(F)cc(Cl)c2)cc1C(=O)Nc1cccnc1. The Morgan fingerprint density at radius 1 is 1.00 bits per heavy atom. The number of hydrogen-bond acceptors (Lipinski definition) is 3. The fraction of sp³-hybridized carbons (Fsp3) is 0.0500. The fourth-order valence-corrected chi connectivity index (χ4v) is 2.69. The van der Waals surface area contributed by atoms with E-state index in [0.717, 1.165) is 17.7 Å². The van der Waals surface area contributed by atoms with Gasteiger partial charge >= 0.3 is 0 Å². The van der Waals surface area contributed by atoms with Gasteiger partial charge in [0, 0.05) is 28.0 Å². The van der Waals surface area contributed by atoms with Crippen molar-refractivity contribution in [2.75, 3.05) is 10.6 Å². The average Bonchev–Trinajstić information content (AvgIpc) is 2.63. The second-order valence-corrected chi connectivity index (χ2v) is 6.27. The summed E-state index contributed by atoms with van der Waals surface area (Å²) < 4.78 is 13.4. The van der Waals surface area contributed by atoms with Gasteiger partial charge in [0.25, 0.3) is 11.8 Å². The van der Waals surface area contributed by atoms with E-state index in [1.54, 1.807) is 43.5 Å². The molecule has 27 heavy (non-hydrogen) atoms. The molecule has 0 aliphatic heterocycles. The van der Waals surface area contributed by atoms with Crippen molar-refractivity contribution in [3.8, 4) is 0 Å². The van der Waals surface area contributed by atoms with Crippen molar-refractivity contribution in [1.82, 2.24) is 4.98 Å². The van der Waals surface area contributed by atoms with Gasteiger partial charge in [-0.2, -0.15) is 0 Å². The van der Waals surface area contributed by atoms with Crippen LogP contribution in [0.5, 0.6) is 0 Å². The van der Waals surface area contributed by atoms with Crippen molar-refractivity contribution in [3.05, 3.63) is 88.5 Å². The third-order valence-corrected chi connectivity index (χ3v) is 4.00. The van der Waals surface area contributed by atoms with E-state index in [-0.39, 0.29) is 16.5 Å². The number of rotatable bonds is 4. The summed E-state index contributed by atoms with van der Waals surface area (Å²) in [6.07, 6.45) is 3.14. The molecule has 3 aromatic rings. The van der Waals surface area contributed by atoms with Gasteiger partial charge in [0.05, 0.1) is 11.9 Å². The number of benzene rings is 2. The second kappa shape index (κ2) is 7.97. The van der Waals surface area contributed by atoms with Gasteiger partial charge in [0.1, 0.15) is 5.82 Å². The van der Waals surface area contributed by atoms with E-state index < -0.39 is 11.7 Å². The van der Waals surface area contributed by atoms with Crippen LogP contribution in [0.25, 0.3) is 0 Å². The predicted molar refractivity (Wildman–Crippen MR) is 103 cm³/mol. The highest BCUT2D eigenvalue weighted by molar-refractivity contribution is 6.31. The lowest BCUT2D eigenvalue weighted by Gasteiger charge is -2.11. The van der Waals surface area contributed by atoms with Crippen LogP contribution in [0.15, 0.2) is 60.9 Å². The Balaban J connectivity index is 1.80. The number of nitrogens with one attached hydrogen (secondary N) is 2. The van der Waals surface area contributed by atoms with Crippen LogP contribution >= 0.6 is 11.6 Å². The molecule has 2 amide bonds. The molecule has 0 atom stereocenters. The van der Waals surface area contributed by atoms with E-state index in [1.165, 1.54) is 12.3 Å². The highest BCUT2D eigenvalue weighted by Gasteiger charge is 2.13. The largest absolute Gasteiger partial charge is 0.322 e. The molecular formula is C20H15ClFN3O2. The molecule has 0 radical (unpaired) electrons. The maximum Gasteiger partial charge on any atom is 0.256 e. The van der Waals surface area contributed by atoms with Crippen LogP contribution in [0.4, 0.5) is 15.8 Å². The lowest BCUT2D eigenvalue weighted by atomic mass is 10.1. The second-order valence-electron chi connectivity index (χ2n) is 5.84. The lowest BCUT2D eigenvalue weighted by molar-refractivity contribution is 0.101. The molecule has 0 saturated heterocycles. The number of hydrogen-bond donors (Lipinski definition) is 2. The van der Waals surface area contributed by atoms with E-state index in [0.29, 0.717) is 16.9 Å². The molecule has 7 heteroatoms. The molecule has 0 bridgehead atoms. The van der Waals surface area contributed by atoms with Gasteiger partial charge in [-0.05, 0) is 55.0 Å². The number of amides is 2. The summed E-state index contributed by atoms with van der Waals surface area (Å²) in [5.41, 5.74) is 2.19. The first kappa shape index (κ1) is 18.5. The summed E-state index contributed by atoms with van der Waals surface area (Å²) in [5.74, 6) is -1.46. The monoisotopic (exact) mass is 383 g/mol. The van der Waals surface area contributed by atoms with Crippen molar-refractivity contribution in [1.29, 1.82) is 0 Å². The molecule has 3 rings (SSSR count). The standard InChI is InChI=1S/C20H15ClFN3O2/c1-12-4-5-16(24-19(26)13-7-14(21)9-15(22)8-13)10-18(12)20(27)25-17-3-2-6-23-11-17/h2-11H,1H3,(H,24,26)(H,25,27). The summed E-state index contributed by atoms with van der Waals surface area (Å²) in [7, 11) is 0. The number of carbonyl (C=O) groups is 2. The summed E-state index contributed by atoms with van der Waals surface area (Å²) in [4.78, 5) is 28.8. The minimum Gasteiger partial charge on any atom is -0.322 e. The third-order valence-electron chi connectivity index (χ3n) is 3.78.